The molecule has 0 aliphatic carbocycles. The minimum Gasteiger partial charge on any atom is -0.494 e. The van der Waals surface area contributed by atoms with Gasteiger partial charge in [-0.05, 0) is 74.4 Å². The van der Waals surface area contributed by atoms with Gasteiger partial charge < -0.3 is 19.1 Å². The molecule has 0 radical (unpaired) electrons. The monoisotopic (exact) mass is 704 g/mol. The van der Waals surface area contributed by atoms with Gasteiger partial charge in [0.2, 0.25) is 5.13 Å². The van der Waals surface area contributed by atoms with Crippen LogP contribution in [-0.4, -0.2) is 49.8 Å². The molecule has 0 unspecified atom stereocenters. The molecule has 13 heteroatoms. The Morgan fingerprint density at radius 1 is 0.796 bits per heavy atom. The minimum atomic E-state index is -0.422. The van der Waals surface area contributed by atoms with E-state index in [0.717, 1.165) is 75.6 Å². The molecule has 0 aliphatic rings. The standard InChI is InChI=1S/C36H44N6O5S2/c1-4-33(43)46-24-13-11-9-7-8-10-12-23-45-30-20-16-28(17-21-30)38-40-32-26-31-35(49-32)37-36(48-31)41-39-27-14-18-29(19-15-27)42(6-3)22-25-47-34(44)5-2/h5,14-21,26H,2,4,6-13,22-25H2,1,3H3/b40-38+,41-39+. The molecule has 0 amide bonds. The number of thiazole rings is 1. The van der Waals surface area contributed by atoms with Gasteiger partial charge in [0.15, 0.2) is 0 Å². The number of unbranched alkanes of at least 4 members (excludes halogenated alkanes) is 6. The summed E-state index contributed by atoms with van der Waals surface area (Å²) in [6.07, 6.45) is 9.37. The number of benzene rings is 2. The van der Waals surface area contributed by atoms with E-state index in [0.29, 0.717) is 37.9 Å². The van der Waals surface area contributed by atoms with Crippen molar-refractivity contribution in [2.75, 3.05) is 37.8 Å². The Morgan fingerprint density at radius 2 is 1.45 bits per heavy atom. The average Bonchev–Trinajstić information content (AvgIpc) is 3.70. The number of aromatic nitrogens is 1. The number of hydrogen-bond acceptors (Lipinski definition) is 13. The van der Waals surface area contributed by atoms with Gasteiger partial charge in [0, 0.05) is 24.7 Å². The van der Waals surface area contributed by atoms with Crippen molar-refractivity contribution in [1.82, 2.24) is 4.98 Å². The van der Waals surface area contributed by atoms with E-state index in [1.54, 1.807) is 0 Å². The van der Waals surface area contributed by atoms with Gasteiger partial charge in [-0.3, -0.25) is 4.79 Å². The zero-order valence-corrected chi connectivity index (χ0v) is 29.8. The molecule has 0 bridgehead atoms. The van der Waals surface area contributed by atoms with E-state index in [2.05, 4.69) is 36.9 Å². The van der Waals surface area contributed by atoms with E-state index in [1.165, 1.54) is 41.9 Å². The van der Waals surface area contributed by atoms with Gasteiger partial charge in [-0.1, -0.05) is 68.3 Å². The predicted octanol–water partition coefficient (Wildman–Crippen LogP) is 10.8. The first-order valence-corrected chi connectivity index (χ1v) is 18.4. The lowest BCUT2D eigenvalue weighted by molar-refractivity contribution is -0.143. The summed E-state index contributed by atoms with van der Waals surface area (Å²) < 4.78 is 17.1. The number of rotatable bonds is 22. The van der Waals surface area contributed by atoms with Crippen molar-refractivity contribution in [1.29, 1.82) is 0 Å². The molecule has 2 heterocycles. The molecule has 0 saturated heterocycles. The minimum absolute atomic E-state index is 0.115. The number of thiophene rings is 1. The lowest BCUT2D eigenvalue weighted by Gasteiger charge is -2.22. The van der Waals surface area contributed by atoms with Crippen LogP contribution in [0, 0.1) is 0 Å². The van der Waals surface area contributed by atoms with Crippen molar-refractivity contribution in [2.24, 2.45) is 20.5 Å². The fourth-order valence-electron chi connectivity index (χ4n) is 4.70. The Hall–Kier alpha value is -4.49. The van der Waals surface area contributed by atoms with Crippen LogP contribution in [0.25, 0.3) is 9.53 Å². The van der Waals surface area contributed by atoms with Crippen molar-refractivity contribution < 1.29 is 23.8 Å². The van der Waals surface area contributed by atoms with Gasteiger partial charge in [-0.25, -0.2) is 9.78 Å². The summed E-state index contributed by atoms with van der Waals surface area (Å²) in [5.74, 6) is 0.288. The topological polar surface area (TPSA) is 127 Å². The summed E-state index contributed by atoms with van der Waals surface area (Å²) in [4.78, 5) is 29.9. The fourth-order valence-corrected chi connectivity index (χ4v) is 6.55. The number of esters is 2. The van der Waals surface area contributed by atoms with Gasteiger partial charge in [0.05, 0.1) is 35.8 Å². The summed E-state index contributed by atoms with van der Waals surface area (Å²) in [5.41, 5.74) is 2.47. The van der Waals surface area contributed by atoms with Gasteiger partial charge in [0.1, 0.15) is 22.2 Å². The summed E-state index contributed by atoms with van der Waals surface area (Å²) in [6, 6.07) is 17.3. The smallest absolute Gasteiger partial charge is 0.330 e. The van der Waals surface area contributed by atoms with E-state index in [1.807, 2.05) is 68.4 Å². The van der Waals surface area contributed by atoms with E-state index >= 15 is 0 Å². The molecule has 2 aromatic carbocycles. The molecule has 260 valence electrons. The SMILES string of the molecule is C=CC(=O)OCCN(CC)c1ccc(/N=N/c2nc3sc(/N=N/c4ccc(OCCCCCCCCCOC(=O)CC)cc4)cc3s2)cc1. The number of carbonyl (C=O) groups is 2. The van der Waals surface area contributed by atoms with Crippen molar-refractivity contribution in [3.8, 4) is 5.75 Å². The van der Waals surface area contributed by atoms with Crippen LogP contribution in [0.15, 0.2) is 87.7 Å². The number of nitrogens with zero attached hydrogens (tertiary/aromatic N) is 6. The maximum Gasteiger partial charge on any atom is 0.330 e. The summed E-state index contributed by atoms with van der Waals surface area (Å²) in [6.45, 7) is 10.2. The second-order valence-electron chi connectivity index (χ2n) is 11.0. The third kappa shape index (κ3) is 13.1. The molecule has 4 rings (SSSR count). The highest BCUT2D eigenvalue weighted by Gasteiger charge is 2.09. The number of likely N-dealkylation sites (N-methyl/N-ethyl adjacent to an activating group) is 1. The van der Waals surface area contributed by atoms with Crippen LogP contribution in [-0.2, 0) is 19.1 Å². The van der Waals surface area contributed by atoms with Crippen molar-refractivity contribution in [3.63, 3.8) is 0 Å². The zero-order valence-electron chi connectivity index (χ0n) is 28.2. The van der Waals surface area contributed by atoms with E-state index in [-0.39, 0.29) is 5.97 Å². The Kier molecular flexibility index (Phi) is 15.8. The maximum absolute atomic E-state index is 11.3. The molecular weight excluding hydrogens is 661 g/mol. The van der Waals surface area contributed by atoms with Gasteiger partial charge >= 0.3 is 11.9 Å². The highest BCUT2D eigenvalue weighted by molar-refractivity contribution is 7.30. The molecule has 11 nitrogen and oxygen atoms in total. The van der Waals surface area contributed by atoms with Crippen LogP contribution >= 0.6 is 22.7 Å². The quantitative estimate of drug-likeness (QED) is 0.0345. The third-order valence-corrected chi connectivity index (χ3v) is 9.32. The maximum atomic E-state index is 11.3. The van der Waals surface area contributed by atoms with Crippen LogP contribution in [0.1, 0.15) is 65.2 Å². The average molecular weight is 705 g/mol. The molecular formula is C36H44N6O5S2. The number of ether oxygens (including phenoxy) is 3. The van der Waals surface area contributed by atoms with Crippen molar-refractivity contribution in [3.05, 3.63) is 67.3 Å². The van der Waals surface area contributed by atoms with Crippen LogP contribution in [0.5, 0.6) is 5.75 Å². The number of anilines is 1. The first-order valence-electron chi connectivity index (χ1n) is 16.7. The fraction of sp³-hybridized carbons (Fsp3) is 0.417. The van der Waals surface area contributed by atoms with E-state index < -0.39 is 5.97 Å². The zero-order chi connectivity index (χ0) is 34.7. The van der Waals surface area contributed by atoms with E-state index in [9.17, 15) is 9.59 Å². The second kappa shape index (κ2) is 20.8. The highest BCUT2D eigenvalue weighted by atomic mass is 32.1. The van der Waals surface area contributed by atoms with Crippen LogP contribution in [0.4, 0.5) is 27.2 Å². The molecule has 0 atom stereocenters. The van der Waals surface area contributed by atoms with Crippen LogP contribution < -0.4 is 9.64 Å². The summed E-state index contributed by atoms with van der Waals surface area (Å²) in [7, 11) is 0. The Balaban J connectivity index is 1.15. The molecule has 2 aromatic heterocycles. The number of hydrogen-bond donors (Lipinski definition) is 0. The van der Waals surface area contributed by atoms with Gasteiger partial charge in [0.25, 0.3) is 0 Å². The summed E-state index contributed by atoms with van der Waals surface area (Å²) >= 11 is 2.91. The molecule has 0 N–H and O–H groups in total. The molecule has 0 fully saturated rings. The molecule has 0 aliphatic heterocycles. The first-order chi connectivity index (χ1) is 24.0. The van der Waals surface area contributed by atoms with Crippen molar-refractivity contribution in [2.45, 2.75) is 65.2 Å². The molecule has 0 saturated carbocycles. The number of fused-ring (bicyclic) bond motifs is 1. The van der Waals surface area contributed by atoms with Gasteiger partial charge in [-0.2, -0.15) is 0 Å². The van der Waals surface area contributed by atoms with Gasteiger partial charge in [-0.15, -0.1) is 20.5 Å². The number of azo groups is 2. The lowest BCUT2D eigenvalue weighted by Crippen LogP contribution is -2.27. The lowest BCUT2D eigenvalue weighted by atomic mass is 10.1. The molecule has 0 spiro atoms. The third-order valence-electron chi connectivity index (χ3n) is 7.39. The van der Waals surface area contributed by atoms with Crippen LogP contribution in [0.2, 0.25) is 0 Å². The predicted molar refractivity (Wildman–Crippen MR) is 197 cm³/mol. The molecule has 4 aromatic rings. The van der Waals surface area contributed by atoms with E-state index in [4.69, 9.17) is 14.2 Å². The highest BCUT2D eigenvalue weighted by Crippen LogP contribution is 2.39. The normalized spacial score (nSPS) is 11.4. The first kappa shape index (κ1) is 37.3. The second-order valence-corrected chi connectivity index (χ2v) is 13.0. The largest absolute Gasteiger partial charge is 0.494 e. The van der Waals surface area contributed by atoms with Crippen molar-refractivity contribution >= 4 is 71.3 Å². The molecule has 49 heavy (non-hydrogen) atoms. The van der Waals surface area contributed by atoms with Crippen LogP contribution in [0.3, 0.4) is 0 Å². The Labute approximate surface area is 295 Å². The Morgan fingerprint density at radius 3 is 2.10 bits per heavy atom. The Bertz CT molecular complexity index is 1640. The summed E-state index contributed by atoms with van der Waals surface area (Å²) in [5, 5.41) is 18.8. The number of carbonyl (C=O) groups excluding carboxylic acids is 2.